The van der Waals surface area contributed by atoms with Crippen molar-refractivity contribution >= 4 is 10.8 Å². The molecule has 0 radical (unpaired) electrons. The van der Waals surface area contributed by atoms with Gasteiger partial charge in [-0.2, -0.15) is 0 Å². The van der Waals surface area contributed by atoms with Gasteiger partial charge in [0.2, 0.25) is 0 Å². The van der Waals surface area contributed by atoms with Crippen molar-refractivity contribution in [1.29, 1.82) is 0 Å². The number of fused-ring (bicyclic) bond motifs is 1. The summed E-state index contributed by atoms with van der Waals surface area (Å²) in [6.07, 6.45) is 6.39. The molecule has 3 rings (SSSR count). The zero-order valence-corrected chi connectivity index (χ0v) is 15.2. The number of ether oxygens (including phenoxy) is 1. The molecule has 1 aliphatic carbocycles. The molecule has 136 valence electrons. The topological polar surface area (TPSA) is 68.1 Å². The molecule has 0 bridgehead atoms. The molecule has 0 unspecified atom stereocenters. The average molecular weight is 346 g/mol. The van der Waals surface area contributed by atoms with Crippen molar-refractivity contribution < 1.29 is 9.13 Å². The molecule has 1 fully saturated rings. The number of hydrogen-bond acceptors (Lipinski definition) is 3. The molecule has 0 aliphatic heterocycles. The first kappa shape index (κ1) is 17.9. The fourth-order valence-corrected chi connectivity index (χ4v) is 4.18. The minimum atomic E-state index is -0.471. The molecule has 4 nitrogen and oxygen atoms in total. The third-order valence-corrected chi connectivity index (χ3v) is 6.11. The van der Waals surface area contributed by atoms with Crippen LogP contribution in [0.1, 0.15) is 51.5 Å². The first-order valence-corrected chi connectivity index (χ1v) is 9.10. The number of nitrogens with two attached hydrogens (primary N) is 1. The summed E-state index contributed by atoms with van der Waals surface area (Å²) in [5.41, 5.74) is 6.77. The molecule has 2 aromatic rings. The van der Waals surface area contributed by atoms with E-state index < -0.39 is 5.82 Å². The van der Waals surface area contributed by atoms with Crippen molar-refractivity contribution in [1.82, 2.24) is 4.98 Å². The fourth-order valence-electron chi connectivity index (χ4n) is 4.18. The van der Waals surface area contributed by atoms with Crippen LogP contribution < -0.4 is 16.0 Å². The second-order valence-corrected chi connectivity index (χ2v) is 7.40. The van der Waals surface area contributed by atoms with Gasteiger partial charge in [0.1, 0.15) is 0 Å². The minimum absolute atomic E-state index is 0.00827. The van der Waals surface area contributed by atoms with Crippen LogP contribution in [-0.4, -0.2) is 17.1 Å². The van der Waals surface area contributed by atoms with Crippen molar-refractivity contribution in [3.63, 3.8) is 0 Å². The molecule has 1 heterocycles. The Labute approximate surface area is 147 Å². The second kappa shape index (κ2) is 6.79. The van der Waals surface area contributed by atoms with Crippen molar-refractivity contribution in [2.75, 3.05) is 0 Å². The Balaban J connectivity index is 1.84. The molecular formula is C20H27FN2O2. The Morgan fingerprint density at radius 3 is 2.68 bits per heavy atom. The van der Waals surface area contributed by atoms with Gasteiger partial charge < -0.3 is 15.5 Å². The molecular weight excluding hydrogens is 319 g/mol. The van der Waals surface area contributed by atoms with E-state index in [1.165, 1.54) is 6.07 Å². The molecule has 5 heteroatoms. The first-order chi connectivity index (χ1) is 11.9. The number of rotatable bonds is 4. The summed E-state index contributed by atoms with van der Waals surface area (Å²) >= 11 is 0. The molecule has 1 aliphatic rings. The maximum absolute atomic E-state index is 14.6. The quantitative estimate of drug-likeness (QED) is 0.878. The van der Waals surface area contributed by atoms with Crippen LogP contribution in [0.3, 0.4) is 0 Å². The van der Waals surface area contributed by atoms with Gasteiger partial charge in [0.05, 0.1) is 11.5 Å². The summed E-state index contributed by atoms with van der Waals surface area (Å²) in [5, 5.41) is 1.09. The first-order valence-electron chi connectivity index (χ1n) is 9.10. The average Bonchev–Trinajstić information content (AvgIpc) is 2.60. The third-order valence-electron chi connectivity index (χ3n) is 6.11. The van der Waals surface area contributed by atoms with Crippen LogP contribution >= 0.6 is 0 Å². The Morgan fingerprint density at radius 1 is 1.40 bits per heavy atom. The maximum atomic E-state index is 14.6. The van der Waals surface area contributed by atoms with E-state index in [4.69, 9.17) is 10.5 Å². The fraction of sp³-hybridized carbons (Fsp3) is 0.550. The maximum Gasteiger partial charge on any atom is 0.255 e. The lowest BCUT2D eigenvalue weighted by Gasteiger charge is -2.42. The van der Waals surface area contributed by atoms with Gasteiger partial charge in [-0.25, -0.2) is 4.39 Å². The van der Waals surface area contributed by atoms with Gasteiger partial charge >= 0.3 is 0 Å². The predicted molar refractivity (Wildman–Crippen MR) is 98.5 cm³/mol. The number of halogens is 1. The van der Waals surface area contributed by atoms with Gasteiger partial charge in [-0.1, -0.05) is 6.92 Å². The summed E-state index contributed by atoms with van der Waals surface area (Å²) < 4.78 is 20.6. The van der Waals surface area contributed by atoms with E-state index in [9.17, 15) is 9.18 Å². The van der Waals surface area contributed by atoms with Gasteiger partial charge in [0.25, 0.3) is 5.56 Å². The van der Waals surface area contributed by atoms with Gasteiger partial charge in [-0.15, -0.1) is 0 Å². The standard InChI is InChI=1S/C20H27FN2O2/c1-4-20(13(3)22)8-5-14(6-9-20)25-18-12(2)15-7-10-23-19(24)16(15)11-17(18)21/h7,10-11,13-14H,4-6,8-9,22H2,1-3H3,(H,23,24)/t13-,14?,20?/m1/s1. The van der Waals surface area contributed by atoms with Crippen LogP contribution in [0.5, 0.6) is 5.75 Å². The van der Waals surface area contributed by atoms with Crippen LogP contribution in [0.4, 0.5) is 4.39 Å². The van der Waals surface area contributed by atoms with Gasteiger partial charge in [0, 0.05) is 17.8 Å². The molecule has 0 saturated heterocycles. The number of aromatic nitrogens is 1. The Bertz CT molecular complexity index is 820. The van der Waals surface area contributed by atoms with E-state index in [-0.39, 0.29) is 28.9 Å². The van der Waals surface area contributed by atoms with Crippen molar-refractivity contribution in [3.8, 4) is 5.75 Å². The van der Waals surface area contributed by atoms with Crippen LogP contribution in [-0.2, 0) is 0 Å². The number of aryl methyl sites for hydroxylation is 1. The lowest BCUT2D eigenvalue weighted by Crippen LogP contribution is -2.43. The molecule has 3 N–H and O–H groups in total. The van der Waals surface area contributed by atoms with E-state index >= 15 is 0 Å². The molecule has 1 saturated carbocycles. The molecule has 0 spiro atoms. The smallest absolute Gasteiger partial charge is 0.255 e. The van der Waals surface area contributed by atoms with E-state index in [0.29, 0.717) is 10.9 Å². The summed E-state index contributed by atoms with van der Waals surface area (Å²) in [4.78, 5) is 14.5. The number of benzene rings is 1. The zero-order chi connectivity index (χ0) is 18.2. The van der Waals surface area contributed by atoms with Crippen LogP contribution in [0, 0.1) is 18.2 Å². The number of nitrogens with one attached hydrogen (secondary N) is 1. The highest BCUT2D eigenvalue weighted by Crippen LogP contribution is 2.43. The van der Waals surface area contributed by atoms with Crippen molar-refractivity contribution in [2.24, 2.45) is 11.1 Å². The van der Waals surface area contributed by atoms with Gasteiger partial charge in [-0.3, -0.25) is 4.79 Å². The Morgan fingerprint density at radius 2 is 2.08 bits per heavy atom. The highest BCUT2D eigenvalue weighted by atomic mass is 19.1. The lowest BCUT2D eigenvalue weighted by molar-refractivity contribution is 0.0594. The summed E-state index contributed by atoms with van der Waals surface area (Å²) in [6.45, 7) is 6.08. The Kier molecular flexibility index (Phi) is 4.87. The summed E-state index contributed by atoms with van der Waals surface area (Å²) in [5.74, 6) is -0.200. The number of hydrogen-bond donors (Lipinski definition) is 2. The number of aromatic amines is 1. The lowest BCUT2D eigenvalue weighted by atomic mass is 9.67. The van der Waals surface area contributed by atoms with Crippen LogP contribution in [0.25, 0.3) is 10.8 Å². The van der Waals surface area contributed by atoms with Gasteiger partial charge in [-0.05, 0) is 68.9 Å². The Hall–Kier alpha value is -1.88. The van der Waals surface area contributed by atoms with Crippen LogP contribution in [0.15, 0.2) is 23.1 Å². The largest absolute Gasteiger partial charge is 0.487 e. The van der Waals surface area contributed by atoms with E-state index in [0.717, 1.165) is 37.5 Å². The normalized spacial score (nSPS) is 25.1. The molecule has 1 atom stereocenters. The van der Waals surface area contributed by atoms with Gasteiger partial charge in [0.15, 0.2) is 11.6 Å². The van der Waals surface area contributed by atoms with Crippen molar-refractivity contribution in [2.45, 2.75) is 65.0 Å². The molecule has 25 heavy (non-hydrogen) atoms. The monoisotopic (exact) mass is 346 g/mol. The van der Waals surface area contributed by atoms with E-state index in [2.05, 4.69) is 18.8 Å². The SMILES string of the molecule is CCC1([C@@H](C)N)CCC(Oc2c(F)cc3c(=O)[nH]ccc3c2C)CC1. The summed E-state index contributed by atoms with van der Waals surface area (Å²) in [6, 6.07) is 3.22. The number of pyridine rings is 1. The van der Waals surface area contributed by atoms with E-state index in [1.54, 1.807) is 19.2 Å². The minimum Gasteiger partial charge on any atom is -0.487 e. The van der Waals surface area contributed by atoms with Crippen molar-refractivity contribution in [3.05, 3.63) is 40.1 Å². The number of H-pyrrole nitrogens is 1. The molecule has 1 aromatic carbocycles. The molecule has 1 aromatic heterocycles. The zero-order valence-electron chi connectivity index (χ0n) is 15.2. The van der Waals surface area contributed by atoms with Crippen LogP contribution in [0.2, 0.25) is 0 Å². The van der Waals surface area contributed by atoms with E-state index in [1.807, 2.05) is 0 Å². The predicted octanol–water partition coefficient (Wildman–Crippen LogP) is 4.04. The third kappa shape index (κ3) is 3.17. The highest BCUT2D eigenvalue weighted by Gasteiger charge is 2.37. The second-order valence-electron chi connectivity index (χ2n) is 7.40. The molecule has 0 amide bonds. The highest BCUT2D eigenvalue weighted by molar-refractivity contribution is 5.86. The summed E-state index contributed by atoms with van der Waals surface area (Å²) in [7, 11) is 0.